The van der Waals surface area contributed by atoms with Crippen LogP contribution >= 0.6 is 11.6 Å². The van der Waals surface area contributed by atoms with E-state index in [0.717, 1.165) is 12.1 Å². The zero-order valence-electron chi connectivity index (χ0n) is 27.6. The van der Waals surface area contributed by atoms with E-state index in [1.54, 1.807) is 30.6 Å². The summed E-state index contributed by atoms with van der Waals surface area (Å²) in [5.74, 6) is -2.83. The molecule has 2 aromatic carbocycles. The van der Waals surface area contributed by atoms with E-state index in [4.69, 9.17) is 21.1 Å². The second kappa shape index (κ2) is 13.9. The number of hydrogen-bond donors (Lipinski definition) is 1. The molecule has 4 amide bonds. The van der Waals surface area contributed by atoms with Crippen LogP contribution in [0.4, 0.5) is 24.1 Å². The molecule has 0 aromatic heterocycles. The molecule has 256 valence electrons. The van der Waals surface area contributed by atoms with Crippen molar-refractivity contribution in [2.75, 3.05) is 38.2 Å². The molecule has 0 aliphatic carbocycles. The first kappa shape index (κ1) is 35.7. The van der Waals surface area contributed by atoms with Crippen LogP contribution in [0.2, 0.25) is 5.02 Å². The summed E-state index contributed by atoms with van der Waals surface area (Å²) in [6.45, 7) is 11.1. The number of methoxy groups -OCH3 is 1. The molecule has 0 radical (unpaired) electrons. The molecule has 4 rings (SSSR count). The molecule has 0 spiro atoms. The normalized spacial score (nSPS) is 19.6. The second-order valence-electron chi connectivity index (χ2n) is 13.0. The van der Waals surface area contributed by atoms with Gasteiger partial charge in [0.1, 0.15) is 23.0 Å². The molecule has 1 saturated heterocycles. The van der Waals surface area contributed by atoms with E-state index in [0.29, 0.717) is 25.5 Å². The van der Waals surface area contributed by atoms with Crippen LogP contribution in [-0.2, 0) is 19.9 Å². The Morgan fingerprint density at radius 1 is 1.15 bits per heavy atom. The fourth-order valence-corrected chi connectivity index (χ4v) is 6.08. The molecule has 2 aliphatic heterocycles. The summed E-state index contributed by atoms with van der Waals surface area (Å²) < 4.78 is 44.9. The minimum Gasteiger partial charge on any atom is -0.471 e. The number of rotatable bonds is 7. The average molecular weight is 679 g/mol. The third-order valence-electron chi connectivity index (χ3n) is 7.97. The zero-order chi connectivity index (χ0) is 34.8. The Morgan fingerprint density at radius 2 is 1.81 bits per heavy atom. The first-order chi connectivity index (χ1) is 21.9. The number of hydrogen-bond acceptors (Lipinski definition) is 7. The Hall–Kier alpha value is -4.13. The molecule has 2 heterocycles. The third-order valence-corrected chi connectivity index (χ3v) is 8.29. The van der Waals surface area contributed by atoms with Gasteiger partial charge in [0, 0.05) is 49.9 Å². The summed E-state index contributed by atoms with van der Waals surface area (Å²) in [7, 11) is 1.19. The predicted molar refractivity (Wildman–Crippen MR) is 171 cm³/mol. The van der Waals surface area contributed by atoms with Crippen LogP contribution in [0.5, 0.6) is 5.75 Å². The highest BCUT2D eigenvalue weighted by Crippen LogP contribution is 2.45. The Bertz CT molecular complexity index is 1530. The smallest absolute Gasteiger partial charge is 0.410 e. The first-order valence-electron chi connectivity index (χ1n) is 15.4. The number of fused-ring (bicyclic) bond motifs is 1. The van der Waals surface area contributed by atoms with Gasteiger partial charge in [0.05, 0.1) is 29.4 Å². The van der Waals surface area contributed by atoms with Gasteiger partial charge in [-0.2, -0.15) is 0 Å². The molecule has 1 fully saturated rings. The molecule has 2 aliphatic rings. The van der Waals surface area contributed by atoms with E-state index < -0.39 is 46.8 Å². The van der Waals surface area contributed by atoms with Gasteiger partial charge in [-0.1, -0.05) is 11.6 Å². The monoisotopic (exact) mass is 678 g/mol. The van der Waals surface area contributed by atoms with Crippen LogP contribution in [0.25, 0.3) is 0 Å². The number of ether oxygens (including phenoxy) is 3. The number of benzene rings is 2. The van der Waals surface area contributed by atoms with Gasteiger partial charge >= 0.3 is 12.2 Å². The van der Waals surface area contributed by atoms with Crippen molar-refractivity contribution in [3.05, 3.63) is 58.1 Å². The Morgan fingerprint density at radius 3 is 2.40 bits per heavy atom. The lowest BCUT2D eigenvalue weighted by atomic mass is 9.91. The Labute approximate surface area is 278 Å². The number of alkyl carbamates (subject to hydrolysis) is 1. The first-order valence-corrected chi connectivity index (χ1v) is 15.8. The third kappa shape index (κ3) is 7.89. The molecule has 14 heteroatoms. The molecule has 2 aromatic rings. The van der Waals surface area contributed by atoms with Gasteiger partial charge in [0.25, 0.3) is 11.8 Å². The second-order valence-corrected chi connectivity index (χ2v) is 13.4. The largest absolute Gasteiger partial charge is 0.471 e. The maximum atomic E-state index is 14.3. The SMILES string of the molecule is COC(=O)NCCN1C(=O)C(C)(c2cc(F)cc(F)c2)Oc2cc(Cl)c(C(=O)N(C(C)C)[C@@H]3CCCN(C(=O)OC(C)(C)C)C3)cc21. The minimum absolute atomic E-state index is 0.0222. The quantitative estimate of drug-likeness (QED) is 0.390. The Kier molecular flexibility index (Phi) is 10.6. The van der Waals surface area contributed by atoms with Gasteiger partial charge in [-0.3, -0.25) is 9.59 Å². The van der Waals surface area contributed by atoms with E-state index in [1.165, 1.54) is 31.1 Å². The number of anilines is 1. The van der Waals surface area contributed by atoms with Crippen LogP contribution in [-0.4, -0.2) is 84.8 Å². The van der Waals surface area contributed by atoms with Gasteiger partial charge < -0.3 is 34.2 Å². The lowest BCUT2D eigenvalue weighted by Gasteiger charge is -2.43. The lowest BCUT2D eigenvalue weighted by Crippen LogP contribution is -2.55. The topological polar surface area (TPSA) is 118 Å². The number of halogens is 3. The van der Waals surface area contributed by atoms with Gasteiger partial charge in [-0.05, 0) is 72.6 Å². The van der Waals surface area contributed by atoms with Crippen molar-refractivity contribution >= 4 is 41.3 Å². The van der Waals surface area contributed by atoms with E-state index in [-0.39, 0.29) is 59.3 Å². The summed E-state index contributed by atoms with van der Waals surface area (Å²) in [5, 5.41) is 2.53. The maximum absolute atomic E-state index is 14.3. The van der Waals surface area contributed by atoms with Crippen molar-refractivity contribution in [2.45, 2.75) is 77.7 Å². The highest BCUT2D eigenvalue weighted by atomic mass is 35.5. The zero-order valence-corrected chi connectivity index (χ0v) is 28.4. The number of piperidine rings is 1. The highest BCUT2D eigenvalue weighted by Gasteiger charge is 2.47. The number of likely N-dealkylation sites (tertiary alicyclic amines) is 1. The fourth-order valence-electron chi connectivity index (χ4n) is 5.84. The summed E-state index contributed by atoms with van der Waals surface area (Å²) in [6, 6.07) is 4.87. The molecule has 1 N–H and O–H groups in total. The summed E-state index contributed by atoms with van der Waals surface area (Å²) in [5.41, 5.74) is -2.38. The molecule has 11 nitrogen and oxygen atoms in total. The summed E-state index contributed by atoms with van der Waals surface area (Å²) in [6.07, 6.45) is 0.105. The van der Waals surface area contributed by atoms with Crippen LogP contribution in [0.1, 0.15) is 70.3 Å². The Balaban J connectivity index is 1.72. The van der Waals surface area contributed by atoms with Crippen molar-refractivity contribution in [1.82, 2.24) is 15.1 Å². The van der Waals surface area contributed by atoms with Crippen molar-refractivity contribution < 1.29 is 42.2 Å². The number of carbonyl (C=O) groups is 4. The number of nitrogens with one attached hydrogen (secondary N) is 1. The summed E-state index contributed by atoms with van der Waals surface area (Å²) >= 11 is 6.72. The average Bonchev–Trinajstić information content (AvgIpc) is 2.97. The number of amides is 4. The standard InChI is InChI=1S/C33H41ClF2N4O7/c1-19(2)40(23-9-8-11-38(18-23)31(44)47-32(3,4)5)28(41)24-16-26-27(17-25(24)34)46-33(6,20-13-21(35)15-22(36)14-20)29(42)39(26)12-10-37-30(43)45-7/h13-17,19,23H,8-12,18H2,1-7H3,(H,37,43)/t23-,33?/m1/s1. The maximum Gasteiger partial charge on any atom is 0.410 e. The van der Waals surface area contributed by atoms with Gasteiger partial charge in [-0.25, -0.2) is 18.4 Å². The van der Waals surface area contributed by atoms with Crippen molar-refractivity contribution in [3.8, 4) is 5.75 Å². The van der Waals surface area contributed by atoms with E-state index in [9.17, 15) is 28.0 Å². The fraction of sp³-hybridized carbons (Fsp3) is 0.515. The molecular formula is C33H41ClF2N4O7. The minimum atomic E-state index is -1.88. The lowest BCUT2D eigenvalue weighted by molar-refractivity contribution is -0.135. The van der Waals surface area contributed by atoms with Crippen molar-refractivity contribution in [3.63, 3.8) is 0 Å². The van der Waals surface area contributed by atoms with E-state index >= 15 is 0 Å². The molecule has 47 heavy (non-hydrogen) atoms. The predicted octanol–water partition coefficient (Wildman–Crippen LogP) is 5.87. The molecular weight excluding hydrogens is 638 g/mol. The number of nitrogens with zero attached hydrogens (tertiary/aromatic N) is 3. The van der Waals surface area contributed by atoms with Gasteiger partial charge in [-0.15, -0.1) is 0 Å². The number of carbonyl (C=O) groups excluding carboxylic acids is 4. The van der Waals surface area contributed by atoms with E-state index in [1.807, 2.05) is 13.8 Å². The molecule has 1 unspecified atom stereocenters. The van der Waals surface area contributed by atoms with Crippen molar-refractivity contribution in [2.24, 2.45) is 0 Å². The summed E-state index contributed by atoms with van der Waals surface area (Å²) in [4.78, 5) is 57.5. The molecule has 0 bridgehead atoms. The van der Waals surface area contributed by atoms with E-state index in [2.05, 4.69) is 10.1 Å². The van der Waals surface area contributed by atoms with Crippen molar-refractivity contribution in [1.29, 1.82) is 0 Å². The van der Waals surface area contributed by atoms with Crippen LogP contribution in [0.3, 0.4) is 0 Å². The molecule has 0 saturated carbocycles. The van der Waals surface area contributed by atoms with Crippen LogP contribution in [0, 0.1) is 11.6 Å². The van der Waals surface area contributed by atoms with Gasteiger partial charge in [0.15, 0.2) is 0 Å². The highest BCUT2D eigenvalue weighted by molar-refractivity contribution is 6.34. The van der Waals surface area contributed by atoms with Gasteiger partial charge in [0.2, 0.25) is 5.60 Å². The van der Waals surface area contributed by atoms with Crippen LogP contribution < -0.4 is 15.0 Å². The molecule has 2 atom stereocenters. The van der Waals surface area contributed by atoms with Crippen LogP contribution in [0.15, 0.2) is 30.3 Å².